The smallest absolute Gasteiger partial charge is 0.407 e. The van der Waals surface area contributed by atoms with Crippen molar-refractivity contribution in [1.82, 2.24) is 10.3 Å². The monoisotopic (exact) mass is 347 g/mol. The van der Waals surface area contributed by atoms with Crippen LogP contribution in [-0.4, -0.2) is 41.0 Å². The second kappa shape index (κ2) is 8.86. The standard InChI is InChI=1S/C17H21N3O5/c1-24-14-7-12(8-19-16(14)18)15(22)13(21)9-20-17(23)25-10-11-5-3-2-4-6-11/h2-8,13,15,21-22H,9-10H2,1H3,(H2,18,19)(H,20,23). The van der Waals surface area contributed by atoms with Gasteiger partial charge in [-0.15, -0.1) is 0 Å². The number of pyridine rings is 1. The van der Waals surface area contributed by atoms with E-state index >= 15 is 0 Å². The first kappa shape index (κ1) is 18.5. The molecule has 25 heavy (non-hydrogen) atoms. The molecule has 8 nitrogen and oxygen atoms in total. The molecular formula is C17H21N3O5. The number of rotatable bonds is 7. The van der Waals surface area contributed by atoms with Crippen molar-refractivity contribution in [3.63, 3.8) is 0 Å². The number of ether oxygens (including phenoxy) is 2. The zero-order valence-corrected chi connectivity index (χ0v) is 13.8. The Morgan fingerprint density at radius 2 is 2.04 bits per heavy atom. The topological polar surface area (TPSA) is 127 Å². The maximum absolute atomic E-state index is 11.7. The van der Waals surface area contributed by atoms with E-state index in [1.807, 2.05) is 30.3 Å². The zero-order valence-electron chi connectivity index (χ0n) is 13.8. The number of aliphatic hydroxyl groups excluding tert-OH is 2. The van der Waals surface area contributed by atoms with Crippen LogP contribution < -0.4 is 15.8 Å². The van der Waals surface area contributed by atoms with E-state index in [-0.39, 0.29) is 19.0 Å². The lowest BCUT2D eigenvalue weighted by atomic mass is 10.1. The van der Waals surface area contributed by atoms with Crippen molar-refractivity contribution >= 4 is 11.9 Å². The molecule has 134 valence electrons. The van der Waals surface area contributed by atoms with E-state index in [1.54, 1.807) is 0 Å². The van der Waals surface area contributed by atoms with E-state index in [9.17, 15) is 15.0 Å². The minimum Gasteiger partial charge on any atom is -0.493 e. The van der Waals surface area contributed by atoms with Gasteiger partial charge in [0.05, 0.1) is 7.11 Å². The van der Waals surface area contributed by atoms with Crippen LogP contribution in [0.3, 0.4) is 0 Å². The number of alkyl carbamates (subject to hydrolysis) is 1. The lowest BCUT2D eigenvalue weighted by molar-refractivity contribution is 0.0181. The van der Waals surface area contributed by atoms with Crippen LogP contribution in [0.4, 0.5) is 10.6 Å². The van der Waals surface area contributed by atoms with Crippen molar-refractivity contribution in [2.24, 2.45) is 0 Å². The molecule has 0 aliphatic heterocycles. The highest BCUT2D eigenvalue weighted by atomic mass is 16.5. The normalized spacial score (nSPS) is 12.9. The Balaban J connectivity index is 1.82. The van der Waals surface area contributed by atoms with Gasteiger partial charge in [-0.05, 0) is 11.6 Å². The molecule has 1 aromatic carbocycles. The molecule has 2 unspecified atom stereocenters. The summed E-state index contributed by atoms with van der Waals surface area (Å²) in [6.45, 7) is -0.0775. The molecule has 0 aliphatic rings. The maximum Gasteiger partial charge on any atom is 0.407 e. The average molecular weight is 347 g/mol. The number of benzene rings is 1. The van der Waals surface area contributed by atoms with Gasteiger partial charge in [0.2, 0.25) is 0 Å². The molecule has 0 spiro atoms. The molecule has 1 amide bonds. The number of carbonyl (C=O) groups is 1. The molecule has 0 fully saturated rings. The molecule has 2 rings (SSSR count). The Bertz CT molecular complexity index is 696. The van der Waals surface area contributed by atoms with Crippen LogP contribution in [0.2, 0.25) is 0 Å². The lowest BCUT2D eigenvalue weighted by Gasteiger charge is -2.19. The number of nitrogens with one attached hydrogen (secondary N) is 1. The van der Waals surface area contributed by atoms with Crippen LogP contribution in [-0.2, 0) is 11.3 Å². The molecule has 1 heterocycles. The summed E-state index contributed by atoms with van der Waals surface area (Å²) in [5, 5.41) is 22.6. The second-order valence-electron chi connectivity index (χ2n) is 5.31. The summed E-state index contributed by atoms with van der Waals surface area (Å²) in [7, 11) is 1.42. The van der Waals surface area contributed by atoms with Gasteiger partial charge in [0.1, 0.15) is 18.8 Å². The summed E-state index contributed by atoms with van der Waals surface area (Å²) in [6.07, 6.45) is -1.88. The number of hydrogen-bond acceptors (Lipinski definition) is 7. The van der Waals surface area contributed by atoms with Crippen LogP contribution in [0.5, 0.6) is 5.75 Å². The largest absolute Gasteiger partial charge is 0.493 e. The summed E-state index contributed by atoms with van der Waals surface area (Å²) < 4.78 is 10.0. The first-order valence-electron chi connectivity index (χ1n) is 7.61. The van der Waals surface area contributed by atoms with Gasteiger partial charge in [-0.25, -0.2) is 9.78 Å². The van der Waals surface area contributed by atoms with Crippen molar-refractivity contribution in [2.75, 3.05) is 19.4 Å². The molecule has 1 aromatic heterocycles. The molecule has 0 saturated heterocycles. The van der Waals surface area contributed by atoms with Gasteiger partial charge >= 0.3 is 6.09 Å². The highest BCUT2D eigenvalue weighted by molar-refractivity contribution is 5.67. The number of carbonyl (C=O) groups excluding carboxylic acids is 1. The van der Waals surface area contributed by atoms with Crippen molar-refractivity contribution < 1.29 is 24.5 Å². The van der Waals surface area contributed by atoms with Gasteiger partial charge in [0, 0.05) is 18.3 Å². The number of anilines is 1. The molecule has 0 radical (unpaired) electrons. The summed E-state index contributed by atoms with van der Waals surface area (Å²) in [6, 6.07) is 10.7. The molecule has 0 saturated carbocycles. The van der Waals surface area contributed by atoms with Crippen LogP contribution >= 0.6 is 0 Å². The van der Waals surface area contributed by atoms with Crippen LogP contribution in [0, 0.1) is 0 Å². The SMILES string of the molecule is COc1cc(C(O)C(O)CNC(=O)OCc2ccccc2)cnc1N. The molecule has 0 aliphatic carbocycles. The van der Waals surface area contributed by atoms with E-state index in [4.69, 9.17) is 15.2 Å². The summed E-state index contributed by atoms with van der Waals surface area (Å²) in [4.78, 5) is 15.5. The first-order valence-corrected chi connectivity index (χ1v) is 7.61. The minimum absolute atomic E-state index is 0.115. The van der Waals surface area contributed by atoms with E-state index in [1.165, 1.54) is 19.4 Å². The molecule has 8 heteroatoms. The van der Waals surface area contributed by atoms with Gasteiger partial charge in [0.25, 0.3) is 0 Å². The summed E-state index contributed by atoms with van der Waals surface area (Å²) in [5.41, 5.74) is 6.77. The molecule has 2 aromatic rings. The number of nitrogens with two attached hydrogens (primary N) is 1. The van der Waals surface area contributed by atoms with Gasteiger partial charge in [-0.3, -0.25) is 0 Å². The van der Waals surface area contributed by atoms with Crippen molar-refractivity contribution in [2.45, 2.75) is 18.8 Å². The van der Waals surface area contributed by atoms with E-state index in [0.29, 0.717) is 11.3 Å². The Hall–Kier alpha value is -2.84. The maximum atomic E-state index is 11.7. The van der Waals surface area contributed by atoms with Crippen LogP contribution in [0.25, 0.3) is 0 Å². The Kier molecular flexibility index (Phi) is 6.55. The Morgan fingerprint density at radius 1 is 1.32 bits per heavy atom. The third kappa shape index (κ3) is 5.33. The number of nitrogen functional groups attached to an aromatic ring is 1. The Morgan fingerprint density at radius 3 is 2.72 bits per heavy atom. The van der Waals surface area contributed by atoms with Gasteiger partial charge in [-0.1, -0.05) is 30.3 Å². The lowest BCUT2D eigenvalue weighted by Crippen LogP contribution is -2.35. The van der Waals surface area contributed by atoms with Gasteiger partial charge in [0.15, 0.2) is 11.6 Å². The average Bonchev–Trinajstić information content (AvgIpc) is 2.65. The fourth-order valence-electron chi connectivity index (χ4n) is 2.09. The Labute approximate surface area is 145 Å². The van der Waals surface area contributed by atoms with Gasteiger partial charge < -0.3 is 30.7 Å². The van der Waals surface area contributed by atoms with E-state index in [2.05, 4.69) is 10.3 Å². The van der Waals surface area contributed by atoms with Gasteiger partial charge in [-0.2, -0.15) is 0 Å². The molecule has 0 bridgehead atoms. The first-order chi connectivity index (χ1) is 12.0. The van der Waals surface area contributed by atoms with E-state index in [0.717, 1.165) is 5.56 Å². The molecule has 2 atom stereocenters. The van der Waals surface area contributed by atoms with Crippen LogP contribution in [0.15, 0.2) is 42.6 Å². The number of nitrogens with zero attached hydrogens (tertiary/aromatic N) is 1. The third-order valence-electron chi connectivity index (χ3n) is 3.50. The number of hydrogen-bond donors (Lipinski definition) is 4. The number of aromatic nitrogens is 1. The fraction of sp³-hybridized carbons (Fsp3) is 0.294. The van der Waals surface area contributed by atoms with Crippen molar-refractivity contribution in [1.29, 1.82) is 0 Å². The summed E-state index contributed by atoms with van der Waals surface area (Å²) >= 11 is 0. The van der Waals surface area contributed by atoms with Crippen molar-refractivity contribution in [3.8, 4) is 5.75 Å². The van der Waals surface area contributed by atoms with E-state index < -0.39 is 18.3 Å². The number of amides is 1. The predicted octanol–water partition coefficient (Wildman–Crippen LogP) is 0.993. The van der Waals surface area contributed by atoms with Crippen LogP contribution in [0.1, 0.15) is 17.2 Å². The second-order valence-corrected chi connectivity index (χ2v) is 5.31. The third-order valence-corrected chi connectivity index (χ3v) is 3.50. The minimum atomic E-state index is -1.27. The zero-order chi connectivity index (χ0) is 18.2. The summed E-state index contributed by atoms with van der Waals surface area (Å²) in [5.74, 6) is 0.467. The fourth-order valence-corrected chi connectivity index (χ4v) is 2.09. The number of aliphatic hydroxyl groups is 2. The molecule has 5 N–H and O–H groups in total. The number of methoxy groups -OCH3 is 1. The predicted molar refractivity (Wildman–Crippen MR) is 90.8 cm³/mol. The highest BCUT2D eigenvalue weighted by Gasteiger charge is 2.21. The quantitative estimate of drug-likeness (QED) is 0.588. The highest BCUT2D eigenvalue weighted by Crippen LogP contribution is 2.24. The van der Waals surface area contributed by atoms with Crippen molar-refractivity contribution in [3.05, 3.63) is 53.7 Å². The molecular weight excluding hydrogens is 326 g/mol.